The molecule has 0 aliphatic carbocycles. The van der Waals surface area contributed by atoms with Crippen LogP contribution < -0.4 is 20.6 Å². The molecular formula is C23H25N5O4. The van der Waals surface area contributed by atoms with Gasteiger partial charge in [0.25, 0.3) is 11.1 Å². The fourth-order valence-corrected chi connectivity index (χ4v) is 3.94. The summed E-state index contributed by atoms with van der Waals surface area (Å²) in [6, 6.07) is 9.95. The molecule has 0 aliphatic rings. The summed E-state index contributed by atoms with van der Waals surface area (Å²) in [6.07, 6.45) is 0.406. The number of methoxy groups -OCH3 is 2. The van der Waals surface area contributed by atoms with Gasteiger partial charge >= 0.3 is 6.01 Å². The molecule has 1 atom stereocenters. The third kappa shape index (κ3) is 3.70. The van der Waals surface area contributed by atoms with Gasteiger partial charge in [-0.1, -0.05) is 0 Å². The Morgan fingerprint density at radius 1 is 0.812 bits per heavy atom. The van der Waals surface area contributed by atoms with E-state index >= 15 is 0 Å². The molecule has 166 valence electrons. The van der Waals surface area contributed by atoms with E-state index in [1.807, 2.05) is 26.8 Å². The number of hydrogen-bond acceptors (Lipinski definition) is 7. The van der Waals surface area contributed by atoms with Crippen LogP contribution in [0.4, 0.5) is 0 Å². The molecule has 0 aromatic carbocycles. The monoisotopic (exact) mass is 435 g/mol. The molecule has 9 heteroatoms. The predicted octanol–water partition coefficient (Wildman–Crippen LogP) is 2.90. The molecule has 4 aromatic heterocycles. The van der Waals surface area contributed by atoms with Gasteiger partial charge in [-0.15, -0.1) is 0 Å². The highest BCUT2D eigenvalue weighted by atomic mass is 16.5. The normalized spacial score (nSPS) is 12.4. The molecule has 0 saturated heterocycles. The van der Waals surface area contributed by atoms with Crippen LogP contribution in [0.25, 0.3) is 22.1 Å². The van der Waals surface area contributed by atoms with Crippen molar-refractivity contribution in [3.8, 4) is 11.9 Å². The van der Waals surface area contributed by atoms with E-state index in [-0.39, 0.29) is 29.2 Å². The molecule has 9 nitrogen and oxygen atoms in total. The lowest BCUT2D eigenvalue weighted by molar-refractivity contribution is 0.377. The van der Waals surface area contributed by atoms with E-state index < -0.39 is 0 Å². The van der Waals surface area contributed by atoms with Crippen molar-refractivity contribution in [1.82, 2.24) is 24.1 Å². The number of nitrogens with zero attached hydrogens (tertiary/aromatic N) is 5. The van der Waals surface area contributed by atoms with E-state index in [1.165, 1.54) is 26.4 Å². The Labute approximate surface area is 184 Å². The number of pyridine rings is 3. The fourth-order valence-electron chi connectivity index (χ4n) is 3.94. The summed E-state index contributed by atoms with van der Waals surface area (Å²) in [5.41, 5.74) is 1.41. The molecule has 0 fully saturated rings. The molecule has 4 heterocycles. The van der Waals surface area contributed by atoms with Crippen LogP contribution in [-0.4, -0.2) is 38.3 Å². The lowest BCUT2D eigenvalue weighted by Crippen LogP contribution is -2.26. The van der Waals surface area contributed by atoms with Gasteiger partial charge in [0, 0.05) is 47.5 Å². The lowest BCUT2D eigenvalue weighted by Gasteiger charge is -2.19. The Hall–Kier alpha value is -3.75. The second kappa shape index (κ2) is 8.41. The first-order valence-corrected chi connectivity index (χ1v) is 10.4. The maximum atomic E-state index is 12.8. The van der Waals surface area contributed by atoms with Gasteiger partial charge in [0.05, 0.1) is 19.9 Å². The Morgan fingerprint density at radius 3 is 2.19 bits per heavy atom. The Bertz CT molecular complexity index is 1420. The maximum Gasteiger partial charge on any atom is 0.318 e. The van der Waals surface area contributed by atoms with Crippen LogP contribution in [0, 0.1) is 0 Å². The van der Waals surface area contributed by atoms with Gasteiger partial charge in [0.15, 0.2) is 5.65 Å². The molecule has 0 radical (unpaired) electrons. The second-order valence-corrected chi connectivity index (χ2v) is 7.89. The van der Waals surface area contributed by atoms with Gasteiger partial charge in [-0.25, -0.2) is 0 Å². The van der Waals surface area contributed by atoms with Crippen LogP contribution in [0.1, 0.15) is 38.5 Å². The Morgan fingerprint density at radius 2 is 1.50 bits per heavy atom. The van der Waals surface area contributed by atoms with Crippen LogP contribution in [-0.2, 0) is 6.42 Å². The topological polar surface area (TPSA) is 101 Å². The molecule has 32 heavy (non-hydrogen) atoms. The third-order valence-corrected chi connectivity index (χ3v) is 5.43. The van der Waals surface area contributed by atoms with Crippen LogP contribution in [0.2, 0.25) is 0 Å². The van der Waals surface area contributed by atoms with Crippen molar-refractivity contribution in [2.45, 2.75) is 39.3 Å². The molecule has 0 aliphatic heterocycles. The van der Waals surface area contributed by atoms with Crippen molar-refractivity contribution >= 4 is 22.1 Å². The van der Waals surface area contributed by atoms with Gasteiger partial charge in [0.1, 0.15) is 5.65 Å². The van der Waals surface area contributed by atoms with E-state index in [0.29, 0.717) is 29.3 Å². The van der Waals surface area contributed by atoms with Crippen LogP contribution in [0.3, 0.4) is 0 Å². The molecule has 0 bridgehead atoms. The summed E-state index contributed by atoms with van der Waals surface area (Å²) in [5.74, 6) is 0.430. The summed E-state index contributed by atoms with van der Waals surface area (Å²) in [7, 11) is 3.02. The zero-order valence-electron chi connectivity index (χ0n) is 18.7. The molecule has 0 N–H and O–H groups in total. The minimum absolute atomic E-state index is 0.0894. The third-order valence-electron chi connectivity index (χ3n) is 5.43. The van der Waals surface area contributed by atoms with Gasteiger partial charge in [-0.3, -0.25) is 18.7 Å². The first-order chi connectivity index (χ1) is 15.3. The number of aromatic nitrogens is 5. The van der Waals surface area contributed by atoms with Gasteiger partial charge < -0.3 is 9.47 Å². The molecule has 0 amide bonds. The zero-order chi connectivity index (χ0) is 23.0. The van der Waals surface area contributed by atoms with E-state index in [1.54, 1.807) is 27.3 Å². The number of hydrogen-bond donors (Lipinski definition) is 0. The van der Waals surface area contributed by atoms with Crippen LogP contribution >= 0.6 is 0 Å². The Balaban J connectivity index is 1.89. The van der Waals surface area contributed by atoms with Gasteiger partial charge in [-0.2, -0.15) is 15.0 Å². The van der Waals surface area contributed by atoms with Crippen molar-refractivity contribution < 1.29 is 9.47 Å². The van der Waals surface area contributed by atoms with Crippen LogP contribution in [0.5, 0.6) is 11.9 Å². The standard InChI is InChI=1S/C23H25N5O4/c1-13(2)27-19(29)11-8-16-17(24-23(32-5)26-22(16)27)12-14(3)28-20(30)10-7-15-6-9-18(31-4)25-21(15)28/h6-11,13-14H,12H2,1-5H3. The number of ether oxygens (including phenoxy) is 2. The molecular weight excluding hydrogens is 410 g/mol. The lowest BCUT2D eigenvalue weighted by atomic mass is 10.1. The second-order valence-electron chi connectivity index (χ2n) is 7.89. The van der Waals surface area contributed by atoms with E-state index in [0.717, 1.165) is 10.8 Å². The van der Waals surface area contributed by atoms with Crippen LogP contribution in [0.15, 0.2) is 46.0 Å². The van der Waals surface area contributed by atoms with Crippen molar-refractivity contribution in [1.29, 1.82) is 0 Å². The molecule has 0 spiro atoms. The summed E-state index contributed by atoms with van der Waals surface area (Å²) < 4.78 is 13.8. The summed E-state index contributed by atoms with van der Waals surface area (Å²) in [5, 5.41) is 1.57. The predicted molar refractivity (Wildman–Crippen MR) is 122 cm³/mol. The summed E-state index contributed by atoms with van der Waals surface area (Å²) in [4.78, 5) is 38.8. The maximum absolute atomic E-state index is 12.8. The highest BCUT2D eigenvalue weighted by Gasteiger charge is 2.19. The summed E-state index contributed by atoms with van der Waals surface area (Å²) >= 11 is 0. The van der Waals surface area contributed by atoms with Gasteiger partial charge in [0.2, 0.25) is 5.88 Å². The average molecular weight is 435 g/mol. The number of fused-ring (bicyclic) bond motifs is 2. The van der Waals surface area contributed by atoms with Crippen molar-refractivity contribution in [2.24, 2.45) is 0 Å². The van der Waals surface area contributed by atoms with Crippen molar-refractivity contribution in [3.63, 3.8) is 0 Å². The molecule has 4 rings (SSSR count). The number of rotatable bonds is 6. The molecule has 1 unspecified atom stereocenters. The minimum atomic E-state index is -0.284. The van der Waals surface area contributed by atoms with E-state index in [2.05, 4.69) is 15.0 Å². The first kappa shape index (κ1) is 21.5. The minimum Gasteiger partial charge on any atom is -0.481 e. The fraction of sp³-hybridized carbons (Fsp3) is 0.348. The summed E-state index contributed by atoms with van der Waals surface area (Å²) in [6.45, 7) is 5.78. The smallest absolute Gasteiger partial charge is 0.318 e. The van der Waals surface area contributed by atoms with Crippen molar-refractivity contribution in [2.75, 3.05) is 14.2 Å². The Kier molecular flexibility index (Phi) is 5.65. The quantitative estimate of drug-likeness (QED) is 0.459. The molecule has 0 saturated carbocycles. The largest absolute Gasteiger partial charge is 0.481 e. The zero-order valence-corrected chi connectivity index (χ0v) is 18.7. The average Bonchev–Trinajstić information content (AvgIpc) is 2.77. The van der Waals surface area contributed by atoms with E-state index in [9.17, 15) is 9.59 Å². The SMILES string of the molecule is COc1ccc2ccc(=O)n(C(C)Cc3nc(OC)nc4c3ccc(=O)n4C(C)C)c2n1. The highest BCUT2D eigenvalue weighted by molar-refractivity contribution is 5.78. The first-order valence-electron chi connectivity index (χ1n) is 10.4. The van der Waals surface area contributed by atoms with Gasteiger partial charge in [-0.05, 0) is 39.0 Å². The van der Waals surface area contributed by atoms with Crippen molar-refractivity contribution in [3.05, 3.63) is 62.8 Å². The van der Waals surface area contributed by atoms with E-state index in [4.69, 9.17) is 9.47 Å². The molecule has 4 aromatic rings. The highest BCUT2D eigenvalue weighted by Crippen LogP contribution is 2.25.